The molecule has 11 heavy (non-hydrogen) atoms. The summed E-state index contributed by atoms with van der Waals surface area (Å²) < 4.78 is 5.02. The van der Waals surface area contributed by atoms with Crippen molar-refractivity contribution in [1.82, 2.24) is 4.90 Å². The van der Waals surface area contributed by atoms with Gasteiger partial charge in [0.05, 0.1) is 6.54 Å². The monoisotopic (exact) mass is 155 g/mol. The molecule has 1 aliphatic rings. The number of nitrogens with zero attached hydrogens (tertiary/aromatic N) is 1. The van der Waals surface area contributed by atoms with E-state index in [0.29, 0.717) is 6.54 Å². The Kier molecular flexibility index (Phi) is 2.52. The quantitative estimate of drug-likeness (QED) is 0.621. The van der Waals surface area contributed by atoms with Crippen molar-refractivity contribution in [3.05, 3.63) is 12.8 Å². The van der Waals surface area contributed by atoms with Crippen LogP contribution in [0, 0.1) is 0 Å². The van der Waals surface area contributed by atoms with E-state index in [2.05, 4.69) is 13.5 Å². The summed E-state index contributed by atoms with van der Waals surface area (Å²) in [7, 11) is 0. The van der Waals surface area contributed by atoms with Crippen LogP contribution in [0.3, 0.4) is 0 Å². The second kappa shape index (κ2) is 3.42. The van der Waals surface area contributed by atoms with E-state index in [1.54, 1.807) is 0 Å². The number of hydrogen-bond acceptors (Lipinski definition) is 2. The molecule has 1 atom stereocenters. The number of cyclic esters (lactones) is 1. The third kappa shape index (κ3) is 1.73. The van der Waals surface area contributed by atoms with E-state index in [9.17, 15) is 4.79 Å². The molecule has 0 spiro atoms. The minimum atomic E-state index is -0.265. The average molecular weight is 155 g/mol. The molecule has 0 saturated carbocycles. The lowest BCUT2D eigenvalue weighted by Crippen LogP contribution is -2.17. The van der Waals surface area contributed by atoms with Gasteiger partial charge in [-0.2, -0.15) is 0 Å². The van der Waals surface area contributed by atoms with Gasteiger partial charge in [-0.15, -0.1) is 0 Å². The van der Waals surface area contributed by atoms with Gasteiger partial charge in [-0.3, -0.25) is 4.90 Å². The summed E-state index contributed by atoms with van der Waals surface area (Å²) in [6.07, 6.45) is 3.31. The maximum atomic E-state index is 10.9. The van der Waals surface area contributed by atoms with E-state index in [1.165, 1.54) is 11.1 Å². The molecule has 0 bridgehead atoms. The highest BCUT2D eigenvalue weighted by Crippen LogP contribution is 2.14. The van der Waals surface area contributed by atoms with Gasteiger partial charge in [0.15, 0.2) is 0 Å². The topological polar surface area (TPSA) is 29.5 Å². The Hall–Kier alpha value is -0.990. The molecular formula is C8H13NO2. The van der Waals surface area contributed by atoms with Crippen molar-refractivity contribution in [3.8, 4) is 0 Å². The summed E-state index contributed by atoms with van der Waals surface area (Å²) in [4.78, 5) is 12.4. The molecule has 1 fully saturated rings. The van der Waals surface area contributed by atoms with Crippen LogP contribution >= 0.6 is 0 Å². The van der Waals surface area contributed by atoms with E-state index in [0.717, 1.165) is 12.8 Å². The molecule has 1 unspecified atom stereocenters. The highest BCUT2D eigenvalue weighted by atomic mass is 16.6. The number of amides is 1. The molecule has 0 radical (unpaired) electrons. The van der Waals surface area contributed by atoms with Crippen molar-refractivity contribution in [2.24, 2.45) is 0 Å². The Bertz CT molecular complexity index is 167. The Balaban J connectivity index is 2.42. The number of carbonyl (C=O) groups excluding carboxylic acids is 1. The zero-order valence-electron chi connectivity index (χ0n) is 6.75. The molecule has 1 heterocycles. The normalized spacial score (nSPS) is 23.5. The molecule has 3 heteroatoms. The lowest BCUT2D eigenvalue weighted by atomic mass is 10.2. The van der Waals surface area contributed by atoms with Crippen LogP contribution in [-0.2, 0) is 4.74 Å². The standard InChI is InChI=1S/C8H13NO2/c1-3-5-7-6-9(4-2)8(10)11-7/h4,7H,2-3,5-6H2,1H3. The predicted octanol–water partition coefficient (Wildman–Crippen LogP) is 1.75. The van der Waals surface area contributed by atoms with E-state index in [4.69, 9.17) is 4.74 Å². The minimum Gasteiger partial charge on any atom is -0.444 e. The fraction of sp³-hybridized carbons (Fsp3) is 0.625. The van der Waals surface area contributed by atoms with Crippen molar-refractivity contribution in [3.63, 3.8) is 0 Å². The molecule has 62 valence electrons. The first-order valence-electron chi connectivity index (χ1n) is 3.87. The lowest BCUT2D eigenvalue weighted by molar-refractivity contribution is 0.131. The first kappa shape index (κ1) is 8.11. The van der Waals surface area contributed by atoms with Gasteiger partial charge in [0.1, 0.15) is 6.10 Å². The second-order valence-electron chi connectivity index (χ2n) is 2.63. The molecular weight excluding hydrogens is 142 g/mol. The molecule has 0 N–H and O–H groups in total. The Morgan fingerprint density at radius 1 is 1.91 bits per heavy atom. The predicted molar refractivity (Wildman–Crippen MR) is 42.1 cm³/mol. The fourth-order valence-electron chi connectivity index (χ4n) is 1.16. The molecule has 0 aromatic carbocycles. The average Bonchev–Trinajstić information content (AvgIpc) is 2.32. The van der Waals surface area contributed by atoms with Crippen LogP contribution in [0.15, 0.2) is 12.8 Å². The number of rotatable bonds is 3. The largest absolute Gasteiger partial charge is 0.444 e. The summed E-state index contributed by atoms with van der Waals surface area (Å²) >= 11 is 0. The summed E-state index contributed by atoms with van der Waals surface area (Å²) in [5, 5.41) is 0. The molecule has 1 amide bonds. The van der Waals surface area contributed by atoms with E-state index in [1.807, 2.05) is 0 Å². The Labute approximate surface area is 66.6 Å². The van der Waals surface area contributed by atoms with Gasteiger partial charge in [-0.1, -0.05) is 19.9 Å². The molecule has 0 aromatic rings. The fourth-order valence-corrected chi connectivity index (χ4v) is 1.16. The van der Waals surface area contributed by atoms with Crippen LogP contribution in [-0.4, -0.2) is 23.6 Å². The van der Waals surface area contributed by atoms with Crippen LogP contribution in [0.1, 0.15) is 19.8 Å². The number of hydrogen-bond donors (Lipinski definition) is 0. The number of carbonyl (C=O) groups is 1. The van der Waals surface area contributed by atoms with Gasteiger partial charge in [0.2, 0.25) is 0 Å². The third-order valence-corrected chi connectivity index (χ3v) is 1.73. The highest BCUT2D eigenvalue weighted by Gasteiger charge is 2.28. The molecule has 1 aliphatic heterocycles. The van der Waals surface area contributed by atoms with Crippen molar-refractivity contribution in [1.29, 1.82) is 0 Å². The molecule has 0 aliphatic carbocycles. The molecule has 1 rings (SSSR count). The van der Waals surface area contributed by atoms with Crippen LogP contribution < -0.4 is 0 Å². The number of ether oxygens (including phenoxy) is 1. The van der Waals surface area contributed by atoms with Gasteiger partial charge in [0.25, 0.3) is 0 Å². The summed E-state index contributed by atoms with van der Waals surface area (Å²) in [5.41, 5.74) is 0. The zero-order valence-corrected chi connectivity index (χ0v) is 6.75. The Morgan fingerprint density at radius 3 is 3.09 bits per heavy atom. The van der Waals surface area contributed by atoms with Crippen LogP contribution in [0.5, 0.6) is 0 Å². The van der Waals surface area contributed by atoms with Gasteiger partial charge in [0, 0.05) is 6.20 Å². The smallest absolute Gasteiger partial charge is 0.414 e. The highest BCUT2D eigenvalue weighted by molar-refractivity contribution is 5.70. The van der Waals surface area contributed by atoms with E-state index >= 15 is 0 Å². The third-order valence-electron chi connectivity index (χ3n) is 1.73. The second-order valence-corrected chi connectivity index (χ2v) is 2.63. The summed E-state index contributed by atoms with van der Waals surface area (Å²) in [6, 6.07) is 0. The molecule has 0 aromatic heterocycles. The van der Waals surface area contributed by atoms with Gasteiger partial charge in [-0.25, -0.2) is 4.79 Å². The summed E-state index contributed by atoms with van der Waals surface area (Å²) in [6.45, 7) is 6.25. The van der Waals surface area contributed by atoms with Crippen molar-refractivity contribution < 1.29 is 9.53 Å². The van der Waals surface area contributed by atoms with E-state index < -0.39 is 0 Å². The maximum absolute atomic E-state index is 10.9. The van der Waals surface area contributed by atoms with Crippen molar-refractivity contribution >= 4 is 6.09 Å². The Morgan fingerprint density at radius 2 is 2.64 bits per heavy atom. The summed E-state index contributed by atoms with van der Waals surface area (Å²) in [5.74, 6) is 0. The minimum absolute atomic E-state index is 0.0745. The molecule has 1 saturated heterocycles. The van der Waals surface area contributed by atoms with Crippen molar-refractivity contribution in [2.45, 2.75) is 25.9 Å². The maximum Gasteiger partial charge on any atom is 0.414 e. The van der Waals surface area contributed by atoms with Crippen LogP contribution in [0.2, 0.25) is 0 Å². The van der Waals surface area contributed by atoms with Crippen molar-refractivity contribution in [2.75, 3.05) is 6.54 Å². The lowest BCUT2D eigenvalue weighted by Gasteiger charge is -2.04. The van der Waals surface area contributed by atoms with Crippen LogP contribution in [0.25, 0.3) is 0 Å². The zero-order chi connectivity index (χ0) is 8.27. The molecule has 3 nitrogen and oxygen atoms in total. The first-order valence-corrected chi connectivity index (χ1v) is 3.87. The van der Waals surface area contributed by atoms with Gasteiger partial charge >= 0.3 is 6.09 Å². The van der Waals surface area contributed by atoms with Crippen LogP contribution in [0.4, 0.5) is 4.79 Å². The SMILES string of the molecule is C=CN1CC(CCC)OC1=O. The van der Waals surface area contributed by atoms with Gasteiger partial charge < -0.3 is 4.74 Å². The first-order chi connectivity index (χ1) is 5.27. The van der Waals surface area contributed by atoms with E-state index in [-0.39, 0.29) is 12.2 Å². The van der Waals surface area contributed by atoms with Gasteiger partial charge in [-0.05, 0) is 6.42 Å².